The van der Waals surface area contributed by atoms with Crippen molar-refractivity contribution in [1.29, 1.82) is 0 Å². The number of anilines is 1. The van der Waals surface area contributed by atoms with E-state index in [9.17, 15) is 4.39 Å². The molecule has 3 nitrogen and oxygen atoms in total. The Kier molecular flexibility index (Phi) is 4.42. The second kappa shape index (κ2) is 5.88. The highest BCUT2D eigenvalue weighted by Crippen LogP contribution is 2.31. The SMILES string of the molecule is CNC(C)c1cccc(F)c1N1C[C@@H](C)O[C@@H](C)C1. The van der Waals surface area contributed by atoms with Crippen LogP contribution in [0.4, 0.5) is 10.1 Å². The number of para-hydroxylation sites is 1. The Hall–Kier alpha value is -1.13. The van der Waals surface area contributed by atoms with Gasteiger partial charge in [0.1, 0.15) is 5.82 Å². The van der Waals surface area contributed by atoms with Gasteiger partial charge in [-0.15, -0.1) is 0 Å². The fourth-order valence-electron chi connectivity index (χ4n) is 2.73. The second-order valence-corrected chi connectivity index (χ2v) is 5.35. The molecule has 1 unspecified atom stereocenters. The minimum atomic E-state index is -0.152. The van der Waals surface area contributed by atoms with Crippen molar-refractivity contribution >= 4 is 5.69 Å². The predicted molar refractivity (Wildman–Crippen MR) is 76.1 cm³/mol. The zero-order chi connectivity index (χ0) is 14.0. The van der Waals surface area contributed by atoms with Gasteiger partial charge in [-0.2, -0.15) is 0 Å². The summed E-state index contributed by atoms with van der Waals surface area (Å²) in [5, 5.41) is 3.19. The number of ether oxygens (including phenoxy) is 1. The third kappa shape index (κ3) is 3.07. The van der Waals surface area contributed by atoms with Gasteiger partial charge in [-0.05, 0) is 39.4 Å². The third-order valence-electron chi connectivity index (χ3n) is 3.65. The standard InChI is InChI=1S/C15H23FN2O/c1-10-8-18(9-11(2)19-10)15-13(12(3)17-4)6-5-7-14(15)16/h5-7,10-12,17H,8-9H2,1-4H3/t10-,11+,12?. The number of benzene rings is 1. The van der Waals surface area contributed by atoms with Crippen molar-refractivity contribution in [3.05, 3.63) is 29.6 Å². The maximum atomic E-state index is 14.3. The summed E-state index contributed by atoms with van der Waals surface area (Å²) in [6.45, 7) is 7.57. The van der Waals surface area contributed by atoms with E-state index >= 15 is 0 Å². The molecule has 19 heavy (non-hydrogen) atoms. The summed E-state index contributed by atoms with van der Waals surface area (Å²) < 4.78 is 20.0. The smallest absolute Gasteiger partial charge is 0.146 e. The van der Waals surface area contributed by atoms with E-state index in [0.717, 1.165) is 18.7 Å². The molecule has 0 aliphatic carbocycles. The maximum absolute atomic E-state index is 14.3. The van der Waals surface area contributed by atoms with Crippen molar-refractivity contribution in [2.75, 3.05) is 25.0 Å². The molecule has 0 saturated carbocycles. The molecule has 1 aromatic rings. The third-order valence-corrected chi connectivity index (χ3v) is 3.65. The largest absolute Gasteiger partial charge is 0.372 e. The van der Waals surface area contributed by atoms with E-state index < -0.39 is 0 Å². The maximum Gasteiger partial charge on any atom is 0.146 e. The van der Waals surface area contributed by atoms with Crippen LogP contribution >= 0.6 is 0 Å². The first-order chi connectivity index (χ1) is 9.02. The van der Waals surface area contributed by atoms with Crippen LogP contribution in [-0.4, -0.2) is 32.3 Å². The van der Waals surface area contributed by atoms with Crippen LogP contribution in [0.2, 0.25) is 0 Å². The average Bonchev–Trinajstić information content (AvgIpc) is 2.36. The van der Waals surface area contributed by atoms with E-state index in [2.05, 4.69) is 10.2 Å². The quantitative estimate of drug-likeness (QED) is 0.910. The van der Waals surface area contributed by atoms with E-state index in [1.807, 2.05) is 33.9 Å². The van der Waals surface area contributed by atoms with E-state index in [1.165, 1.54) is 6.07 Å². The molecule has 3 atom stereocenters. The Morgan fingerprint density at radius 3 is 2.53 bits per heavy atom. The van der Waals surface area contributed by atoms with Gasteiger partial charge in [0.15, 0.2) is 0 Å². The highest BCUT2D eigenvalue weighted by Gasteiger charge is 2.26. The lowest BCUT2D eigenvalue weighted by Crippen LogP contribution is -2.46. The Labute approximate surface area is 114 Å². The van der Waals surface area contributed by atoms with Crippen molar-refractivity contribution in [1.82, 2.24) is 5.32 Å². The molecule has 1 saturated heterocycles. The highest BCUT2D eigenvalue weighted by molar-refractivity contribution is 5.56. The Morgan fingerprint density at radius 2 is 1.95 bits per heavy atom. The fraction of sp³-hybridized carbons (Fsp3) is 0.600. The van der Waals surface area contributed by atoms with Crippen LogP contribution in [-0.2, 0) is 4.74 Å². The molecule has 1 N–H and O–H groups in total. The minimum absolute atomic E-state index is 0.124. The lowest BCUT2D eigenvalue weighted by atomic mass is 10.0. The van der Waals surface area contributed by atoms with E-state index in [4.69, 9.17) is 4.74 Å². The van der Waals surface area contributed by atoms with Crippen LogP contribution in [0.15, 0.2) is 18.2 Å². The summed E-state index contributed by atoms with van der Waals surface area (Å²) in [4.78, 5) is 2.11. The molecular formula is C15H23FN2O. The molecule has 0 aromatic heterocycles. The first kappa shape index (κ1) is 14.3. The van der Waals surface area contributed by atoms with Crippen molar-refractivity contribution in [3.63, 3.8) is 0 Å². The topological polar surface area (TPSA) is 24.5 Å². The van der Waals surface area contributed by atoms with Crippen LogP contribution in [0.1, 0.15) is 32.4 Å². The number of nitrogens with one attached hydrogen (secondary N) is 1. The van der Waals surface area contributed by atoms with Gasteiger partial charge in [-0.3, -0.25) is 0 Å². The van der Waals surface area contributed by atoms with Gasteiger partial charge in [0.2, 0.25) is 0 Å². The van der Waals surface area contributed by atoms with Gasteiger partial charge >= 0.3 is 0 Å². The van der Waals surface area contributed by atoms with E-state index in [-0.39, 0.29) is 24.1 Å². The zero-order valence-electron chi connectivity index (χ0n) is 12.1. The number of morpholine rings is 1. The molecule has 1 aliphatic heterocycles. The van der Waals surface area contributed by atoms with Crippen LogP contribution in [0.25, 0.3) is 0 Å². The number of halogens is 1. The number of hydrogen-bond acceptors (Lipinski definition) is 3. The number of hydrogen-bond donors (Lipinski definition) is 1. The first-order valence-electron chi connectivity index (χ1n) is 6.89. The first-order valence-corrected chi connectivity index (χ1v) is 6.89. The number of nitrogens with zero attached hydrogens (tertiary/aromatic N) is 1. The van der Waals surface area contributed by atoms with Crippen LogP contribution in [0, 0.1) is 5.82 Å². The van der Waals surface area contributed by atoms with Gasteiger partial charge in [-0.25, -0.2) is 4.39 Å². The molecule has 1 aromatic carbocycles. The lowest BCUT2D eigenvalue weighted by Gasteiger charge is -2.38. The van der Waals surface area contributed by atoms with Crippen molar-refractivity contribution in [3.8, 4) is 0 Å². The summed E-state index contributed by atoms with van der Waals surface area (Å²) in [5.74, 6) is -0.152. The van der Waals surface area contributed by atoms with Crippen molar-refractivity contribution in [2.24, 2.45) is 0 Å². The normalized spacial score (nSPS) is 25.4. The van der Waals surface area contributed by atoms with E-state index in [1.54, 1.807) is 6.07 Å². The van der Waals surface area contributed by atoms with Gasteiger partial charge in [0.25, 0.3) is 0 Å². The molecule has 0 radical (unpaired) electrons. The highest BCUT2D eigenvalue weighted by atomic mass is 19.1. The molecule has 1 fully saturated rings. The molecule has 1 heterocycles. The van der Waals surface area contributed by atoms with E-state index in [0.29, 0.717) is 5.69 Å². The summed E-state index contributed by atoms with van der Waals surface area (Å²) >= 11 is 0. The molecule has 0 bridgehead atoms. The second-order valence-electron chi connectivity index (χ2n) is 5.35. The van der Waals surface area contributed by atoms with Gasteiger partial charge in [-0.1, -0.05) is 12.1 Å². The van der Waals surface area contributed by atoms with Gasteiger partial charge in [0.05, 0.1) is 17.9 Å². The minimum Gasteiger partial charge on any atom is -0.372 e. The monoisotopic (exact) mass is 266 g/mol. The molecule has 1 aliphatic rings. The number of rotatable bonds is 3. The van der Waals surface area contributed by atoms with Gasteiger partial charge < -0.3 is 15.0 Å². The summed E-state index contributed by atoms with van der Waals surface area (Å²) in [7, 11) is 1.89. The van der Waals surface area contributed by atoms with Gasteiger partial charge in [0, 0.05) is 19.1 Å². The molecular weight excluding hydrogens is 243 g/mol. The molecule has 106 valence electrons. The van der Waals surface area contributed by atoms with Crippen LogP contribution in [0.3, 0.4) is 0 Å². The molecule has 0 spiro atoms. The van der Waals surface area contributed by atoms with Crippen LogP contribution in [0.5, 0.6) is 0 Å². The molecule has 2 rings (SSSR count). The Morgan fingerprint density at radius 1 is 1.32 bits per heavy atom. The average molecular weight is 266 g/mol. The lowest BCUT2D eigenvalue weighted by molar-refractivity contribution is -0.00546. The summed E-state index contributed by atoms with van der Waals surface area (Å²) in [6.07, 6.45) is 0.252. The molecule has 0 amide bonds. The fourth-order valence-corrected chi connectivity index (χ4v) is 2.73. The Balaban J connectivity index is 2.37. The van der Waals surface area contributed by atoms with Crippen LogP contribution < -0.4 is 10.2 Å². The Bertz CT molecular complexity index is 428. The zero-order valence-corrected chi connectivity index (χ0v) is 12.1. The molecule has 4 heteroatoms. The van der Waals surface area contributed by atoms with Crippen molar-refractivity contribution in [2.45, 2.75) is 39.0 Å². The summed E-state index contributed by atoms with van der Waals surface area (Å²) in [5.41, 5.74) is 1.72. The van der Waals surface area contributed by atoms with Crippen molar-refractivity contribution < 1.29 is 9.13 Å². The predicted octanol–water partition coefficient (Wildman–Crippen LogP) is 2.72. The summed E-state index contributed by atoms with van der Waals surface area (Å²) in [6, 6.07) is 5.42.